The lowest BCUT2D eigenvalue weighted by atomic mass is 10.1. The molecule has 3 rings (SSSR count). The van der Waals surface area contributed by atoms with E-state index in [-0.39, 0.29) is 5.91 Å². The normalized spacial score (nSPS) is 10.3. The number of benzene rings is 2. The summed E-state index contributed by atoms with van der Waals surface area (Å²) in [4.78, 5) is 16.8. The molecular formula is C18H17N3OS. The molecule has 0 radical (unpaired) electrons. The maximum atomic E-state index is 12.2. The van der Waals surface area contributed by atoms with Crippen molar-refractivity contribution in [2.75, 3.05) is 17.2 Å². The van der Waals surface area contributed by atoms with Crippen molar-refractivity contribution < 1.29 is 4.79 Å². The van der Waals surface area contributed by atoms with Gasteiger partial charge in [0.15, 0.2) is 5.13 Å². The van der Waals surface area contributed by atoms with Crippen molar-refractivity contribution in [2.24, 2.45) is 0 Å². The first kappa shape index (κ1) is 15.2. The third-order valence-corrected chi connectivity index (χ3v) is 4.08. The zero-order valence-corrected chi connectivity index (χ0v) is 13.6. The van der Waals surface area contributed by atoms with Crippen LogP contribution in [0.4, 0.5) is 10.8 Å². The van der Waals surface area contributed by atoms with E-state index in [0.717, 1.165) is 28.6 Å². The first-order chi connectivity index (χ1) is 11.3. The molecule has 0 aliphatic heterocycles. The number of rotatable bonds is 5. The Kier molecular flexibility index (Phi) is 4.68. The van der Waals surface area contributed by atoms with E-state index in [9.17, 15) is 4.79 Å². The number of carbonyl (C=O) groups excluding carboxylic acids is 1. The Bertz CT molecular complexity index is 799. The first-order valence-corrected chi connectivity index (χ1v) is 8.30. The van der Waals surface area contributed by atoms with Gasteiger partial charge in [0.1, 0.15) is 0 Å². The smallest absolute Gasteiger partial charge is 0.255 e. The summed E-state index contributed by atoms with van der Waals surface area (Å²) >= 11 is 1.58. The number of hydrogen-bond acceptors (Lipinski definition) is 4. The summed E-state index contributed by atoms with van der Waals surface area (Å²) in [5.41, 5.74) is 3.29. The molecule has 0 saturated heterocycles. The minimum absolute atomic E-state index is 0.116. The highest BCUT2D eigenvalue weighted by Gasteiger charge is 2.08. The molecule has 5 heteroatoms. The van der Waals surface area contributed by atoms with Crippen LogP contribution in [0.25, 0.3) is 11.3 Å². The Hall–Kier alpha value is -2.66. The Morgan fingerprint density at radius 1 is 1.13 bits per heavy atom. The number of anilines is 2. The van der Waals surface area contributed by atoms with Gasteiger partial charge in [0, 0.05) is 28.7 Å². The predicted molar refractivity (Wildman–Crippen MR) is 96.1 cm³/mol. The number of hydrogen-bond donors (Lipinski definition) is 2. The molecule has 0 aliphatic carbocycles. The molecule has 1 aromatic heterocycles. The van der Waals surface area contributed by atoms with Crippen LogP contribution in [0.2, 0.25) is 0 Å². The van der Waals surface area contributed by atoms with E-state index in [1.165, 1.54) is 0 Å². The van der Waals surface area contributed by atoms with Crippen molar-refractivity contribution in [3.8, 4) is 11.3 Å². The van der Waals surface area contributed by atoms with Crippen molar-refractivity contribution >= 4 is 28.1 Å². The van der Waals surface area contributed by atoms with Gasteiger partial charge in [-0.25, -0.2) is 4.98 Å². The van der Waals surface area contributed by atoms with Crippen LogP contribution in [0.3, 0.4) is 0 Å². The molecule has 2 aromatic carbocycles. The van der Waals surface area contributed by atoms with Crippen LogP contribution >= 0.6 is 11.3 Å². The van der Waals surface area contributed by atoms with Crippen LogP contribution in [0.5, 0.6) is 0 Å². The lowest BCUT2D eigenvalue weighted by Gasteiger charge is -2.06. The van der Waals surface area contributed by atoms with Crippen molar-refractivity contribution in [1.82, 2.24) is 4.98 Å². The van der Waals surface area contributed by atoms with Crippen LogP contribution in [-0.2, 0) is 0 Å². The van der Waals surface area contributed by atoms with E-state index in [1.807, 2.05) is 54.8 Å². The van der Waals surface area contributed by atoms with Gasteiger partial charge in [-0.1, -0.05) is 30.3 Å². The molecule has 3 aromatic rings. The third kappa shape index (κ3) is 3.76. The number of amides is 1. The predicted octanol–water partition coefficient (Wildman–Crippen LogP) is 4.49. The Morgan fingerprint density at radius 3 is 2.74 bits per heavy atom. The summed E-state index contributed by atoms with van der Waals surface area (Å²) < 4.78 is 0. The van der Waals surface area contributed by atoms with Crippen LogP contribution in [0, 0.1) is 0 Å². The summed E-state index contributed by atoms with van der Waals surface area (Å²) in [6, 6.07) is 16.9. The summed E-state index contributed by atoms with van der Waals surface area (Å²) in [6.45, 7) is 2.89. The topological polar surface area (TPSA) is 54.0 Å². The van der Waals surface area contributed by atoms with Crippen molar-refractivity contribution in [2.45, 2.75) is 6.92 Å². The first-order valence-electron chi connectivity index (χ1n) is 7.42. The zero-order chi connectivity index (χ0) is 16.1. The number of carbonyl (C=O) groups is 1. The van der Waals surface area contributed by atoms with E-state index in [0.29, 0.717) is 5.56 Å². The van der Waals surface area contributed by atoms with Gasteiger partial charge in [0.05, 0.1) is 5.69 Å². The second kappa shape index (κ2) is 7.07. The molecule has 4 nitrogen and oxygen atoms in total. The molecular weight excluding hydrogens is 306 g/mol. The Balaban J connectivity index is 1.78. The fraction of sp³-hybridized carbons (Fsp3) is 0.111. The van der Waals surface area contributed by atoms with Crippen LogP contribution in [0.1, 0.15) is 17.3 Å². The van der Waals surface area contributed by atoms with Crippen LogP contribution < -0.4 is 10.6 Å². The highest BCUT2D eigenvalue weighted by atomic mass is 32.1. The number of thiazole rings is 1. The average molecular weight is 323 g/mol. The molecule has 2 N–H and O–H groups in total. The van der Waals surface area contributed by atoms with Gasteiger partial charge >= 0.3 is 0 Å². The molecule has 0 spiro atoms. The van der Waals surface area contributed by atoms with Gasteiger partial charge < -0.3 is 10.6 Å². The summed E-state index contributed by atoms with van der Waals surface area (Å²) in [7, 11) is 0. The molecule has 0 bridgehead atoms. The second-order valence-corrected chi connectivity index (χ2v) is 5.83. The summed E-state index contributed by atoms with van der Waals surface area (Å²) in [5.74, 6) is -0.116. The van der Waals surface area contributed by atoms with E-state index >= 15 is 0 Å². The van der Waals surface area contributed by atoms with Gasteiger partial charge in [0.2, 0.25) is 0 Å². The lowest BCUT2D eigenvalue weighted by Crippen LogP contribution is -2.11. The van der Waals surface area contributed by atoms with Crippen molar-refractivity contribution in [1.29, 1.82) is 0 Å². The fourth-order valence-electron chi connectivity index (χ4n) is 2.19. The largest absolute Gasteiger partial charge is 0.362 e. The minimum atomic E-state index is -0.116. The number of aromatic nitrogens is 1. The van der Waals surface area contributed by atoms with E-state index in [2.05, 4.69) is 15.6 Å². The average Bonchev–Trinajstić information content (AvgIpc) is 3.05. The minimum Gasteiger partial charge on any atom is -0.362 e. The van der Waals surface area contributed by atoms with Gasteiger partial charge in [0.25, 0.3) is 5.91 Å². The summed E-state index contributed by atoms with van der Waals surface area (Å²) in [6.07, 6.45) is 0. The standard InChI is InChI=1S/C18H17N3OS/c1-2-19-18-21-16(12-23-18)14-9-6-10-15(11-14)20-17(22)13-7-4-3-5-8-13/h3-12H,2H2,1H3,(H,19,21)(H,20,22). The van der Waals surface area contributed by atoms with Crippen LogP contribution in [0.15, 0.2) is 60.0 Å². The van der Waals surface area contributed by atoms with Crippen LogP contribution in [-0.4, -0.2) is 17.4 Å². The highest BCUT2D eigenvalue weighted by Crippen LogP contribution is 2.26. The van der Waals surface area contributed by atoms with Gasteiger partial charge in [-0.15, -0.1) is 11.3 Å². The number of nitrogens with one attached hydrogen (secondary N) is 2. The highest BCUT2D eigenvalue weighted by molar-refractivity contribution is 7.14. The Labute approximate surface area is 139 Å². The molecule has 0 fully saturated rings. The SMILES string of the molecule is CCNc1nc(-c2cccc(NC(=O)c3ccccc3)c2)cs1. The van der Waals surface area contributed by atoms with Crippen molar-refractivity contribution in [3.63, 3.8) is 0 Å². The lowest BCUT2D eigenvalue weighted by molar-refractivity contribution is 0.102. The molecule has 0 unspecified atom stereocenters. The fourth-order valence-corrected chi connectivity index (χ4v) is 2.98. The van der Waals surface area contributed by atoms with Gasteiger partial charge in [-0.3, -0.25) is 4.79 Å². The van der Waals surface area contributed by atoms with Gasteiger partial charge in [-0.2, -0.15) is 0 Å². The number of nitrogens with zero attached hydrogens (tertiary/aromatic N) is 1. The molecule has 1 amide bonds. The molecule has 0 saturated carbocycles. The quantitative estimate of drug-likeness (QED) is 0.727. The van der Waals surface area contributed by atoms with E-state index in [4.69, 9.17) is 0 Å². The molecule has 1 heterocycles. The summed E-state index contributed by atoms with van der Waals surface area (Å²) in [5, 5.41) is 9.04. The maximum absolute atomic E-state index is 12.2. The van der Waals surface area contributed by atoms with Gasteiger partial charge in [-0.05, 0) is 31.2 Å². The van der Waals surface area contributed by atoms with E-state index in [1.54, 1.807) is 23.5 Å². The zero-order valence-electron chi connectivity index (χ0n) is 12.7. The molecule has 23 heavy (non-hydrogen) atoms. The third-order valence-electron chi connectivity index (χ3n) is 3.28. The maximum Gasteiger partial charge on any atom is 0.255 e. The molecule has 0 aliphatic rings. The second-order valence-electron chi connectivity index (χ2n) is 4.97. The van der Waals surface area contributed by atoms with E-state index < -0.39 is 0 Å². The Morgan fingerprint density at radius 2 is 1.96 bits per heavy atom. The molecule has 116 valence electrons. The van der Waals surface area contributed by atoms with Crippen molar-refractivity contribution in [3.05, 3.63) is 65.5 Å². The monoisotopic (exact) mass is 323 g/mol. The molecule has 0 atom stereocenters.